The minimum Gasteiger partial charge on any atom is -0.465 e. The van der Waals surface area contributed by atoms with Gasteiger partial charge in [-0.3, -0.25) is 0 Å². The van der Waals surface area contributed by atoms with Crippen molar-refractivity contribution in [2.45, 2.75) is 19.4 Å². The van der Waals surface area contributed by atoms with Gasteiger partial charge < -0.3 is 10.2 Å². The lowest BCUT2D eigenvalue weighted by atomic mass is 10.0. The zero-order valence-electron chi connectivity index (χ0n) is 9.41. The zero-order valence-corrected chi connectivity index (χ0v) is 9.41. The molecule has 0 fully saturated rings. The van der Waals surface area contributed by atoms with Gasteiger partial charge in [0.05, 0.1) is 6.04 Å². The molecule has 0 saturated heterocycles. The minimum atomic E-state index is -0.856. The van der Waals surface area contributed by atoms with Crippen LogP contribution in [0.3, 0.4) is 0 Å². The summed E-state index contributed by atoms with van der Waals surface area (Å²) in [5.74, 6) is -0.377. The summed E-state index contributed by atoms with van der Waals surface area (Å²) < 4.78 is 31.8. The maximum absolute atomic E-state index is 13.4. The van der Waals surface area contributed by atoms with Crippen LogP contribution in [-0.4, -0.2) is 0 Å². The fourth-order valence-corrected chi connectivity index (χ4v) is 1.70. The fourth-order valence-electron chi connectivity index (χ4n) is 1.70. The number of hydrogen-bond acceptors (Lipinski definition) is 2. The van der Waals surface area contributed by atoms with Crippen LogP contribution in [0.4, 0.5) is 8.78 Å². The van der Waals surface area contributed by atoms with Crippen LogP contribution in [0.25, 0.3) is 0 Å². The monoisotopic (exact) mass is 237 g/mol. The van der Waals surface area contributed by atoms with Crippen molar-refractivity contribution < 1.29 is 13.2 Å². The number of hydrogen-bond donors (Lipinski definition) is 1. The SMILES string of the molecule is Cc1ccc(C(N)Cc2cccc(F)c2F)o1. The van der Waals surface area contributed by atoms with Gasteiger partial charge in [-0.15, -0.1) is 0 Å². The van der Waals surface area contributed by atoms with E-state index in [2.05, 4.69) is 0 Å². The van der Waals surface area contributed by atoms with Crippen LogP contribution in [0.5, 0.6) is 0 Å². The number of aryl methyl sites for hydroxylation is 1. The lowest BCUT2D eigenvalue weighted by molar-refractivity contribution is 0.437. The third kappa shape index (κ3) is 2.53. The Balaban J connectivity index is 2.18. The van der Waals surface area contributed by atoms with Crippen LogP contribution in [0.1, 0.15) is 23.1 Å². The van der Waals surface area contributed by atoms with Gasteiger partial charge in [0.1, 0.15) is 11.5 Å². The summed E-state index contributed by atoms with van der Waals surface area (Å²) in [5.41, 5.74) is 6.13. The summed E-state index contributed by atoms with van der Waals surface area (Å²) in [6, 6.07) is 7.14. The van der Waals surface area contributed by atoms with Gasteiger partial charge >= 0.3 is 0 Å². The number of halogens is 2. The number of furan rings is 1. The van der Waals surface area contributed by atoms with Gasteiger partial charge in [-0.2, -0.15) is 0 Å². The van der Waals surface area contributed by atoms with E-state index in [1.165, 1.54) is 12.1 Å². The Bertz CT molecular complexity index is 522. The first-order valence-corrected chi connectivity index (χ1v) is 5.32. The van der Waals surface area contributed by atoms with Crippen molar-refractivity contribution in [3.8, 4) is 0 Å². The summed E-state index contributed by atoms with van der Waals surface area (Å²) >= 11 is 0. The molecule has 4 heteroatoms. The Labute approximate surface area is 98.0 Å². The molecule has 2 aromatic rings. The second-order valence-corrected chi connectivity index (χ2v) is 3.97. The highest BCUT2D eigenvalue weighted by Gasteiger charge is 2.15. The molecule has 2 nitrogen and oxygen atoms in total. The predicted molar refractivity (Wildman–Crippen MR) is 60.4 cm³/mol. The van der Waals surface area contributed by atoms with Crippen LogP contribution in [0.2, 0.25) is 0 Å². The molecule has 0 aliphatic rings. The van der Waals surface area contributed by atoms with Crippen LogP contribution < -0.4 is 5.73 Å². The first-order valence-electron chi connectivity index (χ1n) is 5.32. The van der Waals surface area contributed by atoms with Crippen LogP contribution in [0, 0.1) is 18.6 Å². The molecule has 2 N–H and O–H groups in total. The predicted octanol–water partition coefficient (Wildman–Crippen LogP) is 3.11. The minimum absolute atomic E-state index is 0.205. The third-order valence-electron chi connectivity index (χ3n) is 2.60. The third-order valence-corrected chi connectivity index (χ3v) is 2.60. The van der Waals surface area contributed by atoms with E-state index < -0.39 is 17.7 Å². The molecule has 0 bridgehead atoms. The largest absolute Gasteiger partial charge is 0.465 e. The summed E-state index contributed by atoms with van der Waals surface area (Å²) in [6.45, 7) is 1.80. The van der Waals surface area contributed by atoms with Gasteiger partial charge in [-0.05, 0) is 37.1 Å². The van der Waals surface area contributed by atoms with E-state index in [1.54, 1.807) is 19.1 Å². The molecule has 0 radical (unpaired) electrons. The molecule has 0 spiro atoms. The van der Waals surface area contributed by atoms with Crippen molar-refractivity contribution in [3.05, 3.63) is 59.1 Å². The van der Waals surface area contributed by atoms with E-state index >= 15 is 0 Å². The fraction of sp³-hybridized carbons (Fsp3) is 0.231. The van der Waals surface area contributed by atoms with Gasteiger partial charge in [-0.25, -0.2) is 8.78 Å². The molecule has 0 saturated carbocycles. The van der Waals surface area contributed by atoms with Crippen molar-refractivity contribution in [2.75, 3.05) is 0 Å². The highest BCUT2D eigenvalue weighted by Crippen LogP contribution is 2.21. The zero-order chi connectivity index (χ0) is 12.4. The standard InChI is InChI=1S/C13H13F2NO/c1-8-5-6-12(17-8)11(16)7-9-3-2-4-10(14)13(9)15/h2-6,11H,7,16H2,1H3. The topological polar surface area (TPSA) is 39.2 Å². The van der Waals surface area contributed by atoms with Crippen molar-refractivity contribution in [2.24, 2.45) is 5.73 Å². The molecule has 1 aromatic heterocycles. The lowest BCUT2D eigenvalue weighted by Gasteiger charge is -2.09. The molecular weight excluding hydrogens is 224 g/mol. The maximum atomic E-state index is 13.4. The van der Waals surface area contributed by atoms with Gasteiger partial charge in [-0.1, -0.05) is 12.1 Å². The van der Waals surface area contributed by atoms with E-state index in [0.717, 1.165) is 11.8 Å². The molecule has 2 rings (SSSR count). The summed E-state index contributed by atoms with van der Waals surface area (Å²) in [4.78, 5) is 0. The quantitative estimate of drug-likeness (QED) is 0.890. The molecule has 0 amide bonds. The van der Waals surface area contributed by atoms with Crippen LogP contribution in [-0.2, 0) is 6.42 Å². The number of benzene rings is 1. The molecule has 1 unspecified atom stereocenters. The summed E-state index contributed by atoms with van der Waals surface area (Å²) in [7, 11) is 0. The molecule has 1 heterocycles. The number of rotatable bonds is 3. The van der Waals surface area contributed by atoms with Gasteiger partial charge in [0, 0.05) is 0 Å². The van der Waals surface area contributed by atoms with Gasteiger partial charge in [0.2, 0.25) is 0 Å². The molecule has 90 valence electrons. The highest BCUT2D eigenvalue weighted by atomic mass is 19.2. The van der Waals surface area contributed by atoms with Crippen LogP contribution in [0.15, 0.2) is 34.7 Å². The average Bonchev–Trinajstić information content (AvgIpc) is 2.72. The van der Waals surface area contributed by atoms with Crippen molar-refractivity contribution in [1.29, 1.82) is 0 Å². The van der Waals surface area contributed by atoms with E-state index in [9.17, 15) is 8.78 Å². The van der Waals surface area contributed by atoms with E-state index in [0.29, 0.717) is 5.76 Å². The van der Waals surface area contributed by atoms with Gasteiger partial charge in [0.25, 0.3) is 0 Å². The summed E-state index contributed by atoms with van der Waals surface area (Å²) in [6.07, 6.45) is 0.205. The Hall–Kier alpha value is -1.68. The molecule has 1 aromatic carbocycles. The van der Waals surface area contributed by atoms with Crippen molar-refractivity contribution in [3.63, 3.8) is 0 Å². The molecule has 0 aliphatic carbocycles. The Kier molecular flexibility index (Phi) is 3.24. The van der Waals surface area contributed by atoms with E-state index in [4.69, 9.17) is 10.2 Å². The Morgan fingerprint density at radius 2 is 2.00 bits per heavy atom. The first kappa shape index (κ1) is 11.8. The molecule has 17 heavy (non-hydrogen) atoms. The first-order chi connectivity index (χ1) is 8.08. The summed E-state index contributed by atoms with van der Waals surface area (Å²) in [5, 5.41) is 0. The van der Waals surface area contributed by atoms with Crippen molar-refractivity contribution in [1.82, 2.24) is 0 Å². The normalized spacial score (nSPS) is 12.7. The maximum Gasteiger partial charge on any atom is 0.162 e. The Morgan fingerprint density at radius 3 is 2.65 bits per heavy atom. The molecular formula is C13H13F2NO. The average molecular weight is 237 g/mol. The lowest BCUT2D eigenvalue weighted by Crippen LogP contribution is -2.13. The van der Waals surface area contributed by atoms with Crippen molar-refractivity contribution >= 4 is 0 Å². The highest BCUT2D eigenvalue weighted by molar-refractivity contribution is 5.22. The Morgan fingerprint density at radius 1 is 1.24 bits per heavy atom. The second kappa shape index (κ2) is 4.67. The van der Waals surface area contributed by atoms with Crippen LogP contribution >= 0.6 is 0 Å². The second-order valence-electron chi connectivity index (χ2n) is 3.97. The number of nitrogens with two attached hydrogens (primary N) is 1. The molecule has 1 atom stereocenters. The smallest absolute Gasteiger partial charge is 0.162 e. The van der Waals surface area contributed by atoms with E-state index in [-0.39, 0.29) is 12.0 Å². The molecule has 0 aliphatic heterocycles. The van der Waals surface area contributed by atoms with E-state index in [1.807, 2.05) is 0 Å². The van der Waals surface area contributed by atoms with Gasteiger partial charge in [0.15, 0.2) is 11.6 Å².